The van der Waals surface area contributed by atoms with E-state index in [2.05, 4.69) is 12.1 Å². The van der Waals surface area contributed by atoms with Gasteiger partial charge in [0.2, 0.25) is 10.0 Å². The second-order valence-corrected chi connectivity index (χ2v) is 10.3. The molecule has 0 aliphatic carbocycles. The molecular formula is C25H23NO5S2. The minimum atomic E-state index is -3.83. The molecule has 4 aromatic rings. The number of primary sulfonamides is 1. The summed E-state index contributed by atoms with van der Waals surface area (Å²) in [6.45, 7) is 1.85. The van der Waals surface area contributed by atoms with Gasteiger partial charge in [0.25, 0.3) is 0 Å². The Balaban J connectivity index is 1.60. The fourth-order valence-electron chi connectivity index (χ4n) is 3.80. The molecule has 0 fully saturated rings. The lowest BCUT2D eigenvalue weighted by molar-refractivity contribution is 0.0703. The van der Waals surface area contributed by atoms with Crippen LogP contribution < -0.4 is 5.14 Å². The summed E-state index contributed by atoms with van der Waals surface area (Å²) in [6, 6.07) is 20.0. The molecule has 0 unspecified atom stereocenters. The first-order valence-corrected chi connectivity index (χ1v) is 12.7. The van der Waals surface area contributed by atoms with Crippen LogP contribution in [0.5, 0.6) is 0 Å². The number of hydrogen-bond acceptors (Lipinski definition) is 5. The van der Waals surface area contributed by atoms with Gasteiger partial charge in [0.1, 0.15) is 16.4 Å². The standard InChI is InChI=1S/C25H23NO5S2/c1-16-22(18-10-13-20(14-11-18)33(26,29)30)24(25(27)28)32-23(16)21-15-12-19(31-21)9-5-8-17-6-3-2-4-7-17/h2-4,6-7,10-15H,5,8-9H2,1H3,(H,27,28)(H2,26,29,30). The minimum Gasteiger partial charge on any atom is -0.477 e. The molecule has 0 saturated heterocycles. The van der Waals surface area contributed by atoms with Crippen LogP contribution >= 0.6 is 11.3 Å². The van der Waals surface area contributed by atoms with Crippen LogP contribution in [0.3, 0.4) is 0 Å². The number of furan rings is 1. The summed E-state index contributed by atoms with van der Waals surface area (Å²) in [4.78, 5) is 12.9. The number of nitrogens with two attached hydrogens (primary N) is 1. The van der Waals surface area contributed by atoms with E-state index < -0.39 is 16.0 Å². The molecule has 0 aliphatic rings. The number of hydrogen-bond donors (Lipinski definition) is 2. The zero-order chi connectivity index (χ0) is 23.6. The smallest absolute Gasteiger partial charge is 0.346 e. The van der Waals surface area contributed by atoms with Gasteiger partial charge in [-0.15, -0.1) is 11.3 Å². The Kier molecular flexibility index (Phi) is 6.51. The van der Waals surface area contributed by atoms with Gasteiger partial charge in [0.15, 0.2) is 0 Å². The lowest BCUT2D eigenvalue weighted by atomic mass is 10.0. The molecule has 0 bridgehead atoms. The second kappa shape index (κ2) is 9.35. The third-order valence-corrected chi connectivity index (χ3v) is 7.65. The normalized spacial score (nSPS) is 11.6. The van der Waals surface area contributed by atoms with Crippen molar-refractivity contribution in [1.29, 1.82) is 0 Å². The highest BCUT2D eigenvalue weighted by atomic mass is 32.2. The third-order valence-electron chi connectivity index (χ3n) is 5.43. The van der Waals surface area contributed by atoms with Gasteiger partial charge in [-0.25, -0.2) is 18.4 Å². The Morgan fingerprint density at radius 2 is 1.70 bits per heavy atom. The number of thiophene rings is 1. The van der Waals surface area contributed by atoms with E-state index in [1.807, 2.05) is 37.3 Å². The quantitative estimate of drug-likeness (QED) is 0.345. The molecule has 2 heterocycles. The fourth-order valence-corrected chi connectivity index (χ4v) is 5.45. The molecule has 0 amide bonds. The molecule has 170 valence electrons. The van der Waals surface area contributed by atoms with E-state index in [0.717, 1.165) is 46.8 Å². The van der Waals surface area contributed by atoms with Crippen molar-refractivity contribution in [1.82, 2.24) is 0 Å². The van der Waals surface area contributed by atoms with Crippen molar-refractivity contribution < 1.29 is 22.7 Å². The van der Waals surface area contributed by atoms with E-state index >= 15 is 0 Å². The van der Waals surface area contributed by atoms with Crippen molar-refractivity contribution >= 4 is 27.3 Å². The van der Waals surface area contributed by atoms with Crippen molar-refractivity contribution in [2.45, 2.75) is 31.1 Å². The van der Waals surface area contributed by atoms with E-state index in [0.29, 0.717) is 16.9 Å². The van der Waals surface area contributed by atoms with Gasteiger partial charge < -0.3 is 9.52 Å². The van der Waals surface area contributed by atoms with Crippen molar-refractivity contribution in [3.05, 3.63) is 88.5 Å². The topological polar surface area (TPSA) is 111 Å². The second-order valence-electron chi connectivity index (χ2n) is 7.74. The van der Waals surface area contributed by atoms with Gasteiger partial charge in [0, 0.05) is 12.0 Å². The molecule has 2 aromatic heterocycles. The Morgan fingerprint density at radius 3 is 2.33 bits per heavy atom. The zero-order valence-electron chi connectivity index (χ0n) is 17.9. The lowest BCUT2D eigenvalue weighted by Gasteiger charge is -2.05. The highest BCUT2D eigenvalue weighted by molar-refractivity contribution is 7.89. The summed E-state index contributed by atoms with van der Waals surface area (Å²) in [5, 5.41) is 15.0. The molecule has 0 spiro atoms. The highest BCUT2D eigenvalue weighted by Gasteiger charge is 2.24. The van der Waals surface area contributed by atoms with Crippen LogP contribution in [0.15, 0.2) is 76.0 Å². The summed E-state index contributed by atoms with van der Waals surface area (Å²) in [5.41, 5.74) is 3.20. The van der Waals surface area contributed by atoms with Crippen LogP contribution in [0, 0.1) is 6.92 Å². The van der Waals surface area contributed by atoms with Crippen LogP contribution in [-0.4, -0.2) is 19.5 Å². The average molecular weight is 482 g/mol. The third kappa shape index (κ3) is 5.08. The highest BCUT2D eigenvalue weighted by Crippen LogP contribution is 2.42. The summed E-state index contributed by atoms with van der Waals surface area (Å²) >= 11 is 1.15. The molecule has 0 atom stereocenters. The number of rotatable bonds is 8. The molecule has 3 N–H and O–H groups in total. The Hall–Kier alpha value is -3.20. The first-order valence-electron chi connectivity index (χ1n) is 10.4. The first kappa shape index (κ1) is 23.0. The van der Waals surface area contributed by atoms with E-state index in [1.165, 1.54) is 17.7 Å². The van der Waals surface area contributed by atoms with Crippen molar-refractivity contribution in [3.63, 3.8) is 0 Å². The molecule has 0 saturated carbocycles. The number of aryl methyl sites for hydroxylation is 2. The van der Waals surface area contributed by atoms with Gasteiger partial charge in [-0.2, -0.15) is 0 Å². The zero-order valence-corrected chi connectivity index (χ0v) is 19.6. The van der Waals surface area contributed by atoms with Gasteiger partial charge in [-0.1, -0.05) is 42.5 Å². The van der Waals surface area contributed by atoms with Gasteiger partial charge >= 0.3 is 5.97 Å². The average Bonchev–Trinajstić information content (AvgIpc) is 3.38. The number of sulfonamides is 1. The summed E-state index contributed by atoms with van der Waals surface area (Å²) in [7, 11) is -3.83. The molecule has 0 radical (unpaired) electrons. The first-order chi connectivity index (χ1) is 15.7. The van der Waals surface area contributed by atoms with E-state index in [1.54, 1.807) is 12.1 Å². The number of carbonyl (C=O) groups is 1. The number of carboxylic acids is 1. The molecule has 33 heavy (non-hydrogen) atoms. The predicted octanol–water partition coefficient (Wildman–Crippen LogP) is 5.50. The van der Waals surface area contributed by atoms with E-state index in [9.17, 15) is 18.3 Å². The molecule has 0 aliphatic heterocycles. The Morgan fingerprint density at radius 1 is 1.00 bits per heavy atom. The Bertz CT molecular complexity index is 1380. The van der Waals surface area contributed by atoms with Crippen molar-refractivity contribution in [2.75, 3.05) is 0 Å². The molecule has 4 rings (SSSR count). The molecular weight excluding hydrogens is 458 g/mol. The molecule has 8 heteroatoms. The fraction of sp³-hybridized carbons (Fsp3) is 0.160. The maximum atomic E-state index is 12.0. The molecule has 6 nitrogen and oxygen atoms in total. The van der Waals surface area contributed by atoms with Crippen LogP contribution in [0.2, 0.25) is 0 Å². The van der Waals surface area contributed by atoms with Gasteiger partial charge in [-0.3, -0.25) is 0 Å². The van der Waals surface area contributed by atoms with Crippen LogP contribution in [0.4, 0.5) is 0 Å². The maximum absolute atomic E-state index is 12.0. The van der Waals surface area contributed by atoms with Gasteiger partial charge in [-0.05, 0) is 60.7 Å². The monoisotopic (exact) mass is 481 g/mol. The maximum Gasteiger partial charge on any atom is 0.346 e. The lowest BCUT2D eigenvalue weighted by Crippen LogP contribution is -2.11. The van der Waals surface area contributed by atoms with Gasteiger partial charge in [0.05, 0.1) is 9.77 Å². The van der Waals surface area contributed by atoms with E-state index in [4.69, 9.17) is 9.56 Å². The van der Waals surface area contributed by atoms with Crippen molar-refractivity contribution in [2.24, 2.45) is 5.14 Å². The summed E-state index contributed by atoms with van der Waals surface area (Å²) in [6.07, 6.45) is 2.69. The molecule has 2 aromatic carbocycles. The van der Waals surface area contributed by atoms with Crippen LogP contribution in [-0.2, 0) is 22.9 Å². The van der Waals surface area contributed by atoms with Crippen LogP contribution in [0.1, 0.15) is 33.0 Å². The number of aromatic carboxylic acids is 1. The number of benzene rings is 2. The van der Waals surface area contributed by atoms with Crippen molar-refractivity contribution in [3.8, 4) is 21.8 Å². The summed E-state index contributed by atoms with van der Waals surface area (Å²) < 4.78 is 29.1. The van der Waals surface area contributed by atoms with E-state index in [-0.39, 0.29) is 9.77 Å². The minimum absolute atomic E-state index is 0.0255. The predicted molar refractivity (Wildman–Crippen MR) is 129 cm³/mol. The largest absolute Gasteiger partial charge is 0.477 e. The number of carboxylic acid groups (broad SMARTS) is 1. The van der Waals surface area contributed by atoms with Crippen LogP contribution in [0.25, 0.3) is 21.8 Å². The Labute approximate surface area is 196 Å². The SMILES string of the molecule is Cc1c(-c2ccc(CCCc3ccccc3)o2)sc(C(=O)O)c1-c1ccc(S(N)(=O)=O)cc1. The summed E-state index contributed by atoms with van der Waals surface area (Å²) in [5.74, 6) is 0.432.